The van der Waals surface area contributed by atoms with Crippen LogP contribution in [0, 0.1) is 29.1 Å². The van der Waals surface area contributed by atoms with E-state index in [1.165, 1.54) is 6.42 Å². The van der Waals surface area contributed by atoms with E-state index in [2.05, 4.69) is 26.8 Å². The first-order valence-electron chi connectivity index (χ1n) is 6.65. The number of nitriles is 1. The molecule has 0 radical (unpaired) electrons. The van der Waals surface area contributed by atoms with Crippen LogP contribution in [-0.4, -0.2) is 10.7 Å². The highest BCUT2D eigenvalue weighted by atomic mass is 16.3. The van der Waals surface area contributed by atoms with E-state index >= 15 is 0 Å². The third-order valence-corrected chi connectivity index (χ3v) is 4.12. The Morgan fingerprint density at radius 2 is 2.19 bits per heavy atom. The van der Waals surface area contributed by atoms with Crippen molar-refractivity contribution in [1.82, 2.24) is 0 Å². The smallest absolute Gasteiger partial charge is 0.0808 e. The topological polar surface area (TPSA) is 44.0 Å². The molecule has 0 spiro atoms. The summed E-state index contributed by atoms with van der Waals surface area (Å²) < 4.78 is 0. The van der Waals surface area contributed by atoms with Crippen LogP contribution < -0.4 is 0 Å². The van der Waals surface area contributed by atoms with Gasteiger partial charge in [-0.15, -0.1) is 0 Å². The summed E-state index contributed by atoms with van der Waals surface area (Å²) in [6.45, 7) is 6.52. The highest BCUT2D eigenvalue weighted by Gasteiger charge is 2.41. The van der Waals surface area contributed by atoms with E-state index in [-0.39, 0.29) is 5.92 Å². The van der Waals surface area contributed by atoms with E-state index < -0.39 is 5.60 Å². The minimum absolute atomic E-state index is 0.168. The molecule has 16 heavy (non-hydrogen) atoms. The Kier molecular flexibility index (Phi) is 4.80. The third kappa shape index (κ3) is 2.98. The van der Waals surface area contributed by atoms with Crippen molar-refractivity contribution in [2.45, 2.75) is 64.9 Å². The van der Waals surface area contributed by atoms with Crippen molar-refractivity contribution in [2.24, 2.45) is 17.8 Å². The van der Waals surface area contributed by atoms with Crippen molar-refractivity contribution in [3.05, 3.63) is 0 Å². The zero-order valence-corrected chi connectivity index (χ0v) is 10.9. The number of aliphatic hydroxyl groups is 1. The minimum atomic E-state index is -0.710. The second kappa shape index (κ2) is 5.68. The molecule has 1 saturated carbocycles. The van der Waals surface area contributed by atoms with Crippen LogP contribution in [0.5, 0.6) is 0 Å². The standard InChI is InChI=1S/C14H25NO/c1-4-6-13(10-15)14(16)8-5-7-12(9-14)11(2)3/h11-13,16H,4-9H2,1-3H3. The fourth-order valence-electron chi connectivity index (χ4n) is 2.96. The molecular formula is C14H25NO. The average Bonchev–Trinajstić information content (AvgIpc) is 2.25. The van der Waals surface area contributed by atoms with Crippen molar-refractivity contribution in [2.75, 3.05) is 0 Å². The summed E-state index contributed by atoms with van der Waals surface area (Å²) in [5.41, 5.74) is -0.710. The van der Waals surface area contributed by atoms with Crippen molar-refractivity contribution < 1.29 is 5.11 Å². The van der Waals surface area contributed by atoms with Gasteiger partial charge in [-0.25, -0.2) is 0 Å². The summed E-state index contributed by atoms with van der Waals surface area (Å²) in [5.74, 6) is 1.04. The molecule has 2 nitrogen and oxygen atoms in total. The Morgan fingerprint density at radius 3 is 2.69 bits per heavy atom. The van der Waals surface area contributed by atoms with Crippen molar-refractivity contribution in [3.63, 3.8) is 0 Å². The molecule has 92 valence electrons. The number of nitrogens with zero attached hydrogens (tertiary/aromatic N) is 1. The fraction of sp³-hybridized carbons (Fsp3) is 0.929. The maximum absolute atomic E-state index is 10.7. The molecule has 2 heteroatoms. The third-order valence-electron chi connectivity index (χ3n) is 4.12. The zero-order valence-electron chi connectivity index (χ0n) is 10.9. The summed E-state index contributed by atoms with van der Waals surface area (Å²) >= 11 is 0. The molecule has 3 unspecified atom stereocenters. The maximum atomic E-state index is 10.7. The molecule has 0 bridgehead atoms. The largest absolute Gasteiger partial charge is 0.389 e. The minimum Gasteiger partial charge on any atom is -0.389 e. The molecule has 1 fully saturated rings. The van der Waals surface area contributed by atoms with Gasteiger partial charge < -0.3 is 5.11 Å². The van der Waals surface area contributed by atoms with Crippen molar-refractivity contribution in [1.29, 1.82) is 5.26 Å². The van der Waals surface area contributed by atoms with Crippen LogP contribution in [0.3, 0.4) is 0 Å². The van der Waals surface area contributed by atoms with E-state index in [1.54, 1.807) is 0 Å². The second-order valence-corrected chi connectivity index (χ2v) is 5.67. The van der Waals surface area contributed by atoms with Gasteiger partial charge in [0, 0.05) is 0 Å². The van der Waals surface area contributed by atoms with Gasteiger partial charge in [0.25, 0.3) is 0 Å². The summed E-state index contributed by atoms with van der Waals surface area (Å²) in [6.07, 6.45) is 5.73. The lowest BCUT2D eigenvalue weighted by Crippen LogP contribution is -2.43. The lowest BCUT2D eigenvalue weighted by Gasteiger charge is -2.41. The Balaban J connectivity index is 2.71. The van der Waals surface area contributed by atoms with E-state index in [1.807, 2.05) is 0 Å². The van der Waals surface area contributed by atoms with E-state index in [9.17, 15) is 10.4 Å². The van der Waals surface area contributed by atoms with Crippen LogP contribution >= 0.6 is 0 Å². The molecule has 1 rings (SSSR count). The molecule has 0 aromatic heterocycles. The average molecular weight is 223 g/mol. The second-order valence-electron chi connectivity index (χ2n) is 5.67. The Morgan fingerprint density at radius 1 is 1.50 bits per heavy atom. The first-order valence-corrected chi connectivity index (χ1v) is 6.65. The molecule has 0 aliphatic heterocycles. The maximum Gasteiger partial charge on any atom is 0.0808 e. The van der Waals surface area contributed by atoms with Gasteiger partial charge in [0.05, 0.1) is 17.6 Å². The van der Waals surface area contributed by atoms with Gasteiger partial charge in [0.15, 0.2) is 0 Å². The van der Waals surface area contributed by atoms with Gasteiger partial charge in [-0.2, -0.15) is 5.26 Å². The van der Waals surface area contributed by atoms with Crippen LogP contribution in [0.25, 0.3) is 0 Å². The zero-order chi connectivity index (χ0) is 12.2. The van der Waals surface area contributed by atoms with E-state index in [4.69, 9.17) is 0 Å². The fourth-order valence-corrected chi connectivity index (χ4v) is 2.96. The number of hydrogen-bond donors (Lipinski definition) is 1. The summed E-state index contributed by atoms with van der Waals surface area (Å²) in [5, 5.41) is 19.8. The lowest BCUT2D eigenvalue weighted by molar-refractivity contribution is -0.0570. The SMILES string of the molecule is CCCC(C#N)C1(O)CCCC(C(C)C)C1. The van der Waals surface area contributed by atoms with E-state index in [0.29, 0.717) is 11.8 Å². The Hall–Kier alpha value is -0.550. The van der Waals surface area contributed by atoms with Gasteiger partial charge in [0.1, 0.15) is 0 Å². The van der Waals surface area contributed by atoms with E-state index in [0.717, 1.165) is 32.1 Å². The summed E-state index contributed by atoms with van der Waals surface area (Å²) in [7, 11) is 0. The normalized spacial score (nSPS) is 32.4. The predicted molar refractivity (Wildman–Crippen MR) is 65.8 cm³/mol. The molecule has 0 aromatic rings. The van der Waals surface area contributed by atoms with Crippen LogP contribution in [0.4, 0.5) is 0 Å². The molecule has 0 heterocycles. The molecule has 0 amide bonds. The molecule has 1 aliphatic carbocycles. The highest BCUT2D eigenvalue weighted by Crippen LogP contribution is 2.41. The molecule has 1 N–H and O–H groups in total. The lowest BCUT2D eigenvalue weighted by atomic mass is 9.68. The summed E-state index contributed by atoms with van der Waals surface area (Å²) in [4.78, 5) is 0. The first kappa shape index (κ1) is 13.5. The van der Waals surface area contributed by atoms with Crippen LogP contribution in [0.2, 0.25) is 0 Å². The number of hydrogen-bond acceptors (Lipinski definition) is 2. The predicted octanol–water partition coefficient (Wildman–Crippen LogP) is 3.50. The summed E-state index contributed by atoms with van der Waals surface area (Å²) in [6, 6.07) is 2.32. The Bertz CT molecular complexity index is 256. The van der Waals surface area contributed by atoms with Gasteiger partial charge >= 0.3 is 0 Å². The van der Waals surface area contributed by atoms with Crippen molar-refractivity contribution >= 4 is 0 Å². The monoisotopic (exact) mass is 223 g/mol. The molecule has 0 saturated heterocycles. The van der Waals surface area contributed by atoms with Gasteiger partial charge in [0.2, 0.25) is 0 Å². The number of rotatable bonds is 4. The molecule has 3 atom stereocenters. The van der Waals surface area contributed by atoms with Gasteiger partial charge in [-0.3, -0.25) is 0 Å². The quantitative estimate of drug-likeness (QED) is 0.792. The van der Waals surface area contributed by atoms with Gasteiger partial charge in [-0.1, -0.05) is 33.6 Å². The van der Waals surface area contributed by atoms with Crippen LogP contribution in [-0.2, 0) is 0 Å². The highest BCUT2D eigenvalue weighted by molar-refractivity contribution is 5.01. The van der Waals surface area contributed by atoms with Crippen LogP contribution in [0.15, 0.2) is 0 Å². The first-order chi connectivity index (χ1) is 7.53. The molecule has 1 aliphatic rings. The Labute approximate surface area is 99.7 Å². The molecule has 0 aromatic carbocycles. The van der Waals surface area contributed by atoms with Gasteiger partial charge in [-0.05, 0) is 37.5 Å². The van der Waals surface area contributed by atoms with Crippen LogP contribution in [0.1, 0.15) is 59.3 Å². The molecular weight excluding hydrogens is 198 g/mol. The van der Waals surface area contributed by atoms with Crippen molar-refractivity contribution in [3.8, 4) is 6.07 Å².